The van der Waals surface area contributed by atoms with Crippen molar-refractivity contribution in [2.75, 3.05) is 30.4 Å². The molecular formula is C12H15N5O2. The zero-order valence-corrected chi connectivity index (χ0v) is 10.3. The Balaban J connectivity index is 1.99. The number of imidazole rings is 1. The molecule has 0 spiro atoms. The maximum absolute atomic E-state index is 11.4. The molecule has 1 atom stereocenters. The number of rotatable bonds is 2. The lowest BCUT2D eigenvalue weighted by Gasteiger charge is -2.33. The molecule has 5 N–H and O–H groups in total. The minimum Gasteiger partial charge on any atom is -0.399 e. The van der Waals surface area contributed by atoms with Crippen LogP contribution in [-0.2, 0) is 9.53 Å². The molecule has 19 heavy (non-hydrogen) atoms. The van der Waals surface area contributed by atoms with Crippen LogP contribution in [0.1, 0.15) is 0 Å². The summed E-state index contributed by atoms with van der Waals surface area (Å²) in [6.07, 6.45) is 0. The summed E-state index contributed by atoms with van der Waals surface area (Å²) >= 11 is 0. The van der Waals surface area contributed by atoms with E-state index in [2.05, 4.69) is 9.97 Å². The van der Waals surface area contributed by atoms with Crippen LogP contribution in [0.3, 0.4) is 0 Å². The lowest BCUT2D eigenvalue weighted by Crippen LogP contribution is -2.53. The molecule has 7 heteroatoms. The molecule has 3 rings (SSSR count). The van der Waals surface area contributed by atoms with Crippen molar-refractivity contribution in [1.82, 2.24) is 9.97 Å². The predicted molar refractivity (Wildman–Crippen MR) is 71.7 cm³/mol. The maximum atomic E-state index is 11.4. The summed E-state index contributed by atoms with van der Waals surface area (Å²) in [4.78, 5) is 20.9. The van der Waals surface area contributed by atoms with Gasteiger partial charge in [-0.25, -0.2) is 4.98 Å². The Labute approximate surface area is 109 Å². The molecule has 7 nitrogen and oxygen atoms in total. The third kappa shape index (κ3) is 2.08. The number of fused-ring (bicyclic) bond motifs is 1. The molecular weight excluding hydrogens is 246 g/mol. The van der Waals surface area contributed by atoms with Gasteiger partial charge in [-0.2, -0.15) is 0 Å². The van der Waals surface area contributed by atoms with Crippen LogP contribution < -0.4 is 16.4 Å². The molecule has 0 radical (unpaired) electrons. The van der Waals surface area contributed by atoms with Crippen molar-refractivity contribution in [3.05, 3.63) is 18.2 Å². The Hall–Kier alpha value is -2.28. The van der Waals surface area contributed by atoms with Gasteiger partial charge >= 0.3 is 0 Å². The average Bonchev–Trinajstić information content (AvgIpc) is 2.81. The van der Waals surface area contributed by atoms with Gasteiger partial charge in [-0.15, -0.1) is 0 Å². The number of hydrogen-bond acceptors (Lipinski definition) is 5. The SMILES string of the molecule is NC(=O)C1COCCN1c1nc2ccc(N)cc2[nH]1. The van der Waals surface area contributed by atoms with Gasteiger partial charge in [-0.05, 0) is 18.2 Å². The third-order valence-electron chi connectivity index (χ3n) is 3.22. The summed E-state index contributed by atoms with van der Waals surface area (Å²) in [5.74, 6) is 0.201. The number of morpholine rings is 1. The smallest absolute Gasteiger partial charge is 0.242 e. The summed E-state index contributed by atoms with van der Waals surface area (Å²) in [7, 11) is 0. The Morgan fingerprint density at radius 1 is 1.53 bits per heavy atom. The van der Waals surface area contributed by atoms with E-state index < -0.39 is 11.9 Å². The van der Waals surface area contributed by atoms with Gasteiger partial charge in [0.2, 0.25) is 11.9 Å². The molecule has 0 saturated carbocycles. The summed E-state index contributed by atoms with van der Waals surface area (Å²) in [6.45, 7) is 1.40. The summed E-state index contributed by atoms with van der Waals surface area (Å²) < 4.78 is 5.28. The van der Waals surface area contributed by atoms with Gasteiger partial charge in [0.05, 0.1) is 24.2 Å². The number of nitrogen functional groups attached to an aromatic ring is 1. The number of primary amides is 1. The van der Waals surface area contributed by atoms with Crippen LogP contribution in [0.2, 0.25) is 0 Å². The number of nitrogens with zero attached hydrogens (tertiary/aromatic N) is 2. The van der Waals surface area contributed by atoms with E-state index in [0.717, 1.165) is 11.0 Å². The van der Waals surface area contributed by atoms with Crippen LogP contribution in [0.5, 0.6) is 0 Å². The number of aromatic nitrogens is 2. The standard InChI is InChI=1S/C12H15N5O2/c13-7-1-2-8-9(5-7)16-12(15-8)17-3-4-19-6-10(17)11(14)18/h1-2,5,10H,3-4,6,13H2,(H2,14,18)(H,15,16). The van der Waals surface area contributed by atoms with Crippen molar-refractivity contribution in [2.45, 2.75) is 6.04 Å². The summed E-state index contributed by atoms with van der Waals surface area (Å²) in [5.41, 5.74) is 13.4. The molecule has 1 fully saturated rings. The molecule has 2 heterocycles. The highest BCUT2D eigenvalue weighted by molar-refractivity contribution is 5.85. The van der Waals surface area contributed by atoms with Crippen LogP contribution in [0.25, 0.3) is 11.0 Å². The number of aromatic amines is 1. The van der Waals surface area contributed by atoms with E-state index in [1.165, 1.54) is 0 Å². The molecule has 1 saturated heterocycles. The molecule has 1 amide bonds. The van der Waals surface area contributed by atoms with Gasteiger partial charge in [0.25, 0.3) is 0 Å². The van der Waals surface area contributed by atoms with Gasteiger partial charge < -0.3 is 26.1 Å². The molecule has 0 bridgehead atoms. The highest BCUT2D eigenvalue weighted by Gasteiger charge is 2.29. The van der Waals surface area contributed by atoms with Crippen LogP contribution in [0.15, 0.2) is 18.2 Å². The van der Waals surface area contributed by atoms with Crippen molar-refractivity contribution in [2.24, 2.45) is 5.73 Å². The number of nitrogens with one attached hydrogen (secondary N) is 1. The average molecular weight is 261 g/mol. The lowest BCUT2D eigenvalue weighted by molar-refractivity contribution is -0.121. The number of H-pyrrole nitrogens is 1. The van der Waals surface area contributed by atoms with Crippen LogP contribution in [0, 0.1) is 0 Å². The van der Waals surface area contributed by atoms with Gasteiger partial charge in [-0.1, -0.05) is 0 Å². The number of ether oxygens (including phenoxy) is 1. The van der Waals surface area contributed by atoms with E-state index in [1.807, 2.05) is 17.0 Å². The molecule has 1 aliphatic heterocycles. The Kier molecular flexibility index (Phi) is 2.75. The van der Waals surface area contributed by atoms with E-state index >= 15 is 0 Å². The fraction of sp³-hybridized carbons (Fsp3) is 0.333. The zero-order chi connectivity index (χ0) is 13.4. The summed E-state index contributed by atoms with van der Waals surface area (Å²) in [5, 5.41) is 0. The minimum absolute atomic E-state index is 0.286. The van der Waals surface area contributed by atoms with Crippen LogP contribution in [-0.4, -0.2) is 41.7 Å². The van der Waals surface area contributed by atoms with E-state index in [9.17, 15) is 4.79 Å². The van der Waals surface area contributed by atoms with Crippen molar-refractivity contribution in [3.8, 4) is 0 Å². The van der Waals surface area contributed by atoms with E-state index in [1.54, 1.807) is 6.07 Å². The second-order valence-electron chi connectivity index (χ2n) is 4.52. The van der Waals surface area contributed by atoms with E-state index in [4.69, 9.17) is 16.2 Å². The second-order valence-corrected chi connectivity index (χ2v) is 4.52. The molecule has 1 aromatic carbocycles. The van der Waals surface area contributed by atoms with Crippen LogP contribution in [0.4, 0.5) is 11.6 Å². The first-order valence-electron chi connectivity index (χ1n) is 6.04. The van der Waals surface area contributed by atoms with Crippen molar-refractivity contribution in [3.63, 3.8) is 0 Å². The molecule has 1 aliphatic rings. The zero-order valence-electron chi connectivity index (χ0n) is 10.3. The van der Waals surface area contributed by atoms with Crippen molar-refractivity contribution in [1.29, 1.82) is 0 Å². The third-order valence-corrected chi connectivity index (χ3v) is 3.22. The number of anilines is 2. The molecule has 100 valence electrons. The summed E-state index contributed by atoms with van der Waals surface area (Å²) in [6, 6.07) is 4.94. The number of nitrogens with two attached hydrogens (primary N) is 2. The lowest BCUT2D eigenvalue weighted by atomic mass is 10.2. The highest BCUT2D eigenvalue weighted by Crippen LogP contribution is 2.22. The first-order chi connectivity index (χ1) is 9.15. The fourth-order valence-corrected chi connectivity index (χ4v) is 2.24. The predicted octanol–water partition coefficient (Wildman–Crippen LogP) is -0.164. The van der Waals surface area contributed by atoms with E-state index in [-0.39, 0.29) is 6.61 Å². The van der Waals surface area contributed by atoms with Gasteiger partial charge in [-0.3, -0.25) is 4.79 Å². The first-order valence-corrected chi connectivity index (χ1v) is 6.04. The van der Waals surface area contributed by atoms with Crippen molar-refractivity contribution >= 4 is 28.6 Å². The number of carbonyl (C=O) groups excluding carboxylic acids is 1. The maximum Gasteiger partial charge on any atom is 0.242 e. The number of amides is 1. The number of benzene rings is 1. The van der Waals surface area contributed by atoms with Crippen LogP contribution >= 0.6 is 0 Å². The molecule has 1 unspecified atom stereocenters. The minimum atomic E-state index is -0.494. The van der Waals surface area contributed by atoms with Crippen molar-refractivity contribution < 1.29 is 9.53 Å². The molecule has 1 aromatic heterocycles. The van der Waals surface area contributed by atoms with Gasteiger partial charge in [0.15, 0.2) is 0 Å². The largest absolute Gasteiger partial charge is 0.399 e. The van der Waals surface area contributed by atoms with Gasteiger partial charge in [0.1, 0.15) is 6.04 Å². The van der Waals surface area contributed by atoms with Gasteiger partial charge in [0, 0.05) is 12.2 Å². The molecule has 0 aliphatic carbocycles. The van der Waals surface area contributed by atoms with E-state index in [0.29, 0.717) is 24.8 Å². The molecule has 2 aromatic rings. The number of hydrogen-bond donors (Lipinski definition) is 3. The topological polar surface area (TPSA) is 110 Å². The number of carbonyl (C=O) groups is 1. The Morgan fingerprint density at radius 3 is 3.16 bits per heavy atom. The quantitative estimate of drug-likeness (QED) is 0.650. The monoisotopic (exact) mass is 261 g/mol. The first kappa shape index (κ1) is 11.8. The highest BCUT2D eigenvalue weighted by atomic mass is 16.5. The Bertz CT molecular complexity index is 624. The Morgan fingerprint density at radius 2 is 2.37 bits per heavy atom. The fourth-order valence-electron chi connectivity index (χ4n) is 2.24. The second kappa shape index (κ2) is 4.43. The normalized spacial score (nSPS) is 19.8.